The lowest BCUT2D eigenvalue weighted by Crippen LogP contribution is -2.10. The highest BCUT2D eigenvalue weighted by atomic mass is 32.5. The van der Waals surface area contributed by atoms with Crippen LogP contribution < -0.4 is 5.73 Å². The van der Waals surface area contributed by atoms with Crippen LogP contribution in [0.3, 0.4) is 0 Å². The summed E-state index contributed by atoms with van der Waals surface area (Å²) >= 11 is 0. The van der Waals surface area contributed by atoms with E-state index >= 15 is 0 Å². The Labute approximate surface area is 88.0 Å². The summed E-state index contributed by atoms with van der Waals surface area (Å²) in [5.41, 5.74) is 5.00. The van der Waals surface area contributed by atoms with Crippen LogP contribution in [0.2, 0.25) is 0 Å². The van der Waals surface area contributed by atoms with Gasteiger partial charge in [0.15, 0.2) is 0 Å². The van der Waals surface area contributed by atoms with Gasteiger partial charge in [0.05, 0.1) is 0 Å². The summed E-state index contributed by atoms with van der Waals surface area (Å²) in [6.07, 6.45) is 0. The molecule has 1 aromatic carbocycles. The Balaban J connectivity index is 3.40. The van der Waals surface area contributed by atoms with E-state index in [0.29, 0.717) is 6.07 Å². The minimum Gasteiger partial charge on any atom is -0.324 e. The van der Waals surface area contributed by atoms with Crippen LogP contribution in [0.5, 0.6) is 0 Å². The predicted molar refractivity (Wildman–Crippen MR) is 50.4 cm³/mol. The molecule has 0 heterocycles. The zero-order chi connectivity index (χ0) is 12.8. The molecule has 0 fully saturated rings. The zero-order valence-electron chi connectivity index (χ0n) is 8.06. The molecule has 94 valence electrons. The van der Waals surface area contributed by atoms with E-state index in [1.807, 2.05) is 0 Å². The largest absolute Gasteiger partial charge is 0.324 e. The van der Waals surface area contributed by atoms with E-state index < -0.39 is 27.0 Å². The van der Waals surface area contributed by atoms with Crippen molar-refractivity contribution in [2.24, 2.45) is 5.73 Å². The van der Waals surface area contributed by atoms with E-state index in [0.717, 1.165) is 0 Å². The van der Waals surface area contributed by atoms with Crippen molar-refractivity contribution in [3.8, 4) is 0 Å². The number of rotatable bonds is 2. The second-order valence-electron chi connectivity index (χ2n) is 3.44. The molecule has 0 aromatic heterocycles. The molecule has 0 radical (unpaired) electrons. The van der Waals surface area contributed by atoms with Gasteiger partial charge in [-0.15, -0.1) is 0 Å². The molecule has 0 saturated heterocycles. The molecule has 0 aliphatic heterocycles. The van der Waals surface area contributed by atoms with Gasteiger partial charge in [-0.1, -0.05) is 25.5 Å². The van der Waals surface area contributed by atoms with Crippen LogP contribution in [0, 0.1) is 5.82 Å². The minimum absolute atomic E-state index is 0.142. The maximum absolute atomic E-state index is 13.1. The zero-order valence-corrected chi connectivity index (χ0v) is 8.88. The topological polar surface area (TPSA) is 26.0 Å². The Morgan fingerprint density at radius 3 is 1.94 bits per heavy atom. The van der Waals surface area contributed by atoms with Crippen molar-refractivity contribution in [1.82, 2.24) is 0 Å². The molecule has 1 nitrogen and oxygen atoms in total. The number of hydrogen-bond donors (Lipinski definition) is 1. The van der Waals surface area contributed by atoms with Crippen LogP contribution in [0.1, 0.15) is 18.5 Å². The summed E-state index contributed by atoms with van der Waals surface area (Å²) in [4.78, 5) is -2.25. The van der Waals surface area contributed by atoms with Gasteiger partial charge in [0.1, 0.15) is 10.7 Å². The molecule has 0 spiro atoms. The quantitative estimate of drug-likeness (QED) is 0.782. The first-order valence-electron chi connectivity index (χ1n) is 4.10. The van der Waals surface area contributed by atoms with Gasteiger partial charge in [0.2, 0.25) is 0 Å². The first kappa shape index (κ1) is 13.2. The number of hydrogen-bond acceptors (Lipinski definition) is 1. The smallest absolute Gasteiger partial charge is 0.310 e. The molecule has 2 N–H and O–H groups in total. The van der Waals surface area contributed by atoms with E-state index in [1.165, 1.54) is 6.92 Å². The fraction of sp³-hybridized carbons (Fsp3) is 0.250. The molecule has 0 aliphatic carbocycles. The molecule has 0 unspecified atom stereocenters. The first-order valence-corrected chi connectivity index (χ1v) is 6.05. The predicted octanol–water partition coefficient (Wildman–Crippen LogP) is 4.50. The molecular formula is C8H9F6NS. The third-order valence-electron chi connectivity index (χ3n) is 1.91. The molecule has 0 aliphatic rings. The Kier molecular flexibility index (Phi) is 2.36. The van der Waals surface area contributed by atoms with Gasteiger partial charge in [-0.2, -0.15) is 0 Å². The molecular weight excluding hydrogens is 256 g/mol. The summed E-state index contributed by atoms with van der Waals surface area (Å²) in [7, 11) is -9.81. The molecule has 0 saturated carbocycles. The SMILES string of the molecule is C[C@H](N)c1ccc(S(F)(F)(F)(F)F)cc1F. The molecule has 16 heavy (non-hydrogen) atoms. The summed E-state index contributed by atoms with van der Waals surface area (Å²) in [6, 6.07) is -0.329. The maximum atomic E-state index is 13.1. The summed E-state index contributed by atoms with van der Waals surface area (Å²) in [6.45, 7) is 1.33. The molecule has 1 atom stereocenters. The van der Waals surface area contributed by atoms with Crippen molar-refractivity contribution < 1.29 is 23.8 Å². The maximum Gasteiger partial charge on any atom is 0.310 e. The van der Waals surface area contributed by atoms with Crippen molar-refractivity contribution in [2.75, 3.05) is 0 Å². The van der Waals surface area contributed by atoms with Crippen LogP contribution in [0.15, 0.2) is 23.1 Å². The van der Waals surface area contributed by atoms with E-state index in [9.17, 15) is 23.8 Å². The van der Waals surface area contributed by atoms with E-state index in [1.54, 1.807) is 0 Å². The van der Waals surface area contributed by atoms with Gasteiger partial charge < -0.3 is 5.73 Å². The average Bonchev–Trinajstić information content (AvgIpc) is 1.98. The molecule has 8 heteroatoms. The Morgan fingerprint density at radius 1 is 1.12 bits per heavy atom. The van der Waals surface area contributed by atoms with Gasteiger partial charge in [-0.25, -0.2) is 4.39 Å². The van der Waals surface area contributed by atoms with Gasteiger partial charge in [-0.05, 0) is 19.1 Å². The van der Waals surface area contributed by atoms with Crippen LogP contribution in [0.25, 0.3) is 0 Å². The van der Waals surface area contributed by atoms with Gasteiger partial charge >= 0.3 is 10.2 Å². The highest BCUT2D eigenvalue weighted by molar-refractivity contribution is 8.45. The Bertz CT molecular complexity index is 423. The van der Waals surface area contributed by atoms with Crippen LogP contribution in [0.4, 0.5) is 23.8 Å². The fourth-order valence-electron chi connectivity index (χ4n) is 1.12. The van der Waals surface area contributed by atoms with Crippen molar-refractivity contribution in [3.63, 3.8) is 0 Å². The summed E-state index contributed by atoms with van der Waals surface area (Å²) in [5, 5.41) is 0. The highest BCUT2D eigenvalue weighted by Gasteiger charge is 2.65. The molecule has 0 bridgehead atoms. The standard InChI is InChI=1S/C8H9F6NS/c1-5(15)7-3-2-6(4-8(7)9)16(10,11,12,13)14/h2-5H,15H2,1H3/t5-/m0/s1. The molecule has 1 rings (SSSR count). The van der Waals surface area contributed by atoms with Gasteiger partial charge in [0.25, 0.3) is 0 Å². The van der Waals surface area contributed by atoms with Crippen molar-refractivity contribution in [3.05, 3.63) is 29.6 Å². The van der Waals surface area contributed by atoms with Crippen LogP contribution in [-0.2, 0) is 0 Å². The molecule has 1 aromatic rings. The van der Waals surface area contributed by atoms with Crippen molar-refractivity contribution >= 4 is 10.2 Å². The van der Waals surface area contributed by atoms with Crippen LogP contribution >= 0.6 is 10.2 Å². The average molecular weight is 265 g/mol. The highest BCUT2D eigenvalue weighted by Crippen LogP contribution is 3.02. The third kappa shape index (κ3) is 2.82. The van der Waals surface area contributed by atoms with E-state index in [-0.39, 0.29) is 17.7 Å². The van der Waals surface area contributed by atoms with E-state index in [4.69, 9.17) is 5.73 Å². The number of nitrogens with two attached hydrogens (primary N) is 1. The Morgan fingerprint density at radius 2 is 1.62 bits per heavy atom. The van der Waals surface area contributed by atoms with Gasteiger partial charge in [0, 0.05) is 11.6 Å². The normalized spacial score (nSPS) is 18.8. The monoisotopic (exact) mass is 265 g/mol. The van der Waals surface area contributed by atoms with Crippen LogP contribution in [-0.4, -0.2) is 0 Å². The second kappa shape index (κ2) is 2.86. The lowest BCUT2D eigenvalue weighted by Gasteiger charge is -2.40. The van der Waals surface area contributed by atoms with Crippen molar-refractivity contribution in [2.45, 2.75) is 17.9 Å². The number of benzene rings is 1. The fourth-order valence-corrected chi connectivity index (χ4v) is 1.77. The Hall–Kier alpha value is -0.890. The lowest BCUT2D eigenvalue weighted by molar-refractivity contribution is 0.362. The van der Waals surface area contributed by atoms with E-state index in [2.05, 4.69) is 0 Å². The number of halogens is 6. The minimum atomic E-state index is -9.81. The lowest BCUT2D eigenvalue weighted by atomic mass is 10.1. The van der Waals surface area contributed by atoms with Crippen molar-refractivity contribution in [1.29, 1.82) is 0 Å². The second-order valence-corrected chi connectivity index (χ2v) is 5.85. The summed E-state index contributed by atoms with van der Waals surface area (Å²) in [5.74, 6) is -1.39. The molecule has 0 amide bonds. The first-order chi connectivity index (χ1) is 6.81. The van der Waals surface area contributed by atoms with Gasteiger partial charge in [-0.3, -0.25) is 0 Å². The third-order valence-corrected chi connectivity index (χ3v) is 3.05. The summed E-state index contributed by atoms with van der Waals surface area (Å²) < 4.78 is 74.4.